The average molecular weight is 269 g/mol. The van der Waals surface area contributed by atoms with Crippen molar-refractivity contribution in [3.8, 4) is 22.8 Å². The summed E-state index contributed by atoms with van der Waals surface area (Å²) in [6, 6.07) is 5.01. The first kappa shape index (κ1) is 12.6. The van der Waals surface area contributed by atoms with E-state index >= 15 is 0 Å². The Hall–Kier alpha value is -1.88. The number of hydrogen-bond acceptors (Lipinski definition) is 4. The molecule has 0 saturated carbocycles. The van der Waals surface area contributed by atoms with Gasteiger partial charge in [-0.3, -0.25) is 0 Å². The maximum Gasteiger partial charge on any atom is 0.223 e. The molecular formula is C12H10ClFN2O2. The Kier molecular flexibility index (Phi) is 3.62. The van der Waals surface area contributed by atoms with Gasteiger partial charge in [-0.05, 0) is 29.8 Å². The van der Waals surface area contributed by atoms with Gasteiger partial charge < -0.3 is 9.47 Å². The van der Waals surface area contributed by atoms with E-state index in [-0.39, 0.29) is 11.0 Å². The summed E-state index contributed by atoms with van der Waals surface area (Å²) in [6.45, 7) is 0. The van der Waals surface area contributed by atoms with Crippen LogP contribution in [0.4, 0.5) is 4.39 Å². The van der Waals surface area contributed by atoms with Crippen LogP contribution in [-0.4, -0.2) is 24.2 Å². The van der Waals surface area contributed by atoms with Crippen molar-refractivity contribution in [2.75, 3.05) is 14.2 Å². The summed E-state index contributed by atoms with van der Waals surface area (Å²) >= 11 is 5.67. The van der Waals surface area contributed by atoms with E-state index in [4.69, 9.17) is 21.1 Å². The molecule has 0 atom stereocenters. The van der Waals surface area contributed by atoms with Crippen molar-refractivity contribution < 1.29 is 13.9 Å². The van der Waals surface area contributed by atoms with Gasteiger partial charge in [0, 0.05) is 5.56 Å². The molecule has 0 bridgehead atoms. The highest BCUT2D eigenvalue weighted by Gasteiger charge is 2.14. The lowest BCUT2D eigenvalue weighted by Gasteiger charge is -2.10. The Bertz CT molecular complexity index is 578. The fourth-order valence-corrected chi connectivity index (χ4v) is 1.67. The number of hydrogen-bond donors (Lipinski definition) is 0. The van der Waals surface area contributed by atoms with E-state index in [2.05, 4.69) is 9.97 Å². The van der Waals surface area contributed by atoms with Crippen LogP contribution in [0.5, 0.6) is 11.5 Å². The first-order valence-corrected chi connectivity index (χ1v) is 5.44. The van der Waals surface area contributed by atoms with Gasteiger partial charge in [-0.1, -0.05) is 0 Å². The average Bonchev–Trinajstić information content (AvgIpc) is 2.40. The lowest BCUT2D eigenvalue weighted by atomic mass is 10.1. The van der Waals surface area contributed by atoms with Crippen LogP contribution in [-0.2, 0) is 0 Å². The second-order valence-corrected chi connectivity index (χ2v) is 3.74. The third kappa shape index (κ3) is 2.36. The molecule has 0 fully saturated rings. The van der Waals surface area contributed by atoms with Gasteiger partial charge in [-0.2, -0.15) is 0 Å². The van der Waals surface area contributed by atoms with Crippen molar-refractivity contribution in [1.29, 1.82) is 0 Å². The van der Waals surface area contributed by atoms with Gasteiger partial charge in [0.25, 0.3) is 0 Å². The van der Waals surface area contributed by atoms with Gasteiger partial charge in [0.15, 0.2) is 5.82 Å². The molecule has 0 radical (unpaired) electrons. The summed E-state index contributed by atoms with van der Waals surface area (Å²) in [5.74, 6) is 0.468. The van der Waals surface area contributed by atoms with Gasteiger partial charge in [0.1, 0.15) is 17.2 Å². The first-order chi connectivity index (χ1) is 8.65. The summed E-state index contributed by atoms with van der Waals surface area (Å²) in [7, 11) is 3.01. The minimum atomic E-state index is -0.578. The van der Waals surface area contributed by atoms with Crippen molar-refractivity contribution >= 4 is 11.6 Å². The summed E-state index contributed by atoms with van der Waals surface area (Å²) in [5, 5.41) is -0.0312. The van der Waals surface area contributed by atoms with Crippen molar-refractivity contribution in [3.63, 3.8) is 0 Å². The minimum absolute atomic E-state index is 0.0312. The molecule has 1 aromatic carbocycles. The van der Waals surface area contributed by atoms with E-state index in [1.165, 1.54) is 14.2 Å². The summed E-state index contributed by atoms with van der Waals surface area (Å²) in [5.41, 5.74) is 0.532. The second-order valence-electron chi connectivity index (χ2n) is 3.40. The Morgan fingerprint density at radius 1 is 1.22 bits per heavy atom. The zero-order valence-corrected chi connectivity index (χ0v) is 10.5. The van der Waals surface area contributed by atoms with E-state index in [1.807, 2.05) is 0 Å². The van der Waals surface area contributed by atoms with E-state index in [1.54, 1.807) is 18.2 Å². The Morgan fingerprint density at radius 3 is 2.67 bits per heavy atom. The molecule has 18 heavy (non-hydrogen) atoms. The molecule has 0 saturated heterocycles. The fraction of sp³-hybridized carbons (Fsp3) is 0.167. The highest BCUT2D eigenvalue weighted by molar-refractivity contribution is 6.28. The number of halogens is 2. The molecule has 0 unspecified atom stereocenters. The summed E-state index contributed by atoms with van der Waals surface area (Å²) < 4.78 is 24.0. The number of methoxy groups -OCH3 is 2. The number of rotatable bonds is 3. The van der Waals surface area contributed by atoms with E-state index in [0.29, 0.717) is 17.1 Å². The number of ether oxygens (including phenoxy) is 2. The minimum Gasteiger partial charge on any atom is -0.497 e. The van der Waals surface area contributed by atoms with Gasteiger partial charge in [-0.15, -0.1) is 0 Å². The molecule has 2 aromatic rings. The second kappa shape index (κ2) is 5.18. The predicted octanol–water partition coefficient (Wildman–Crippen LogP) is 2.95. The topological polar surface area (TPSA) is 44.2 Å². The molecular weight excluding hydrogens is 259 g/mol. The number of aromatic nitrogens is 2. The molecule has 6 heteroatoms. The SMILES string of the molecule is COc1ccc(OC)c(-c2nc(Cl)ncc2F)c1. The van der Waals surface area contributed by atoms with Gasteiger partial charge >= 0.3 is 0 Å². The number of benzene rings is 1. The first-order valence-electron chi connectivity index (χ1n) is 5.06. The Balaban J connectivity index is 2.64. The maximum absolute atomic E-state index is 13.7. The predicted molar refractivity (Wildman–Crippen MR) is 65.5 cm³/mol. The molecule has 1 aromatic heterocycles. The van der Waals surface area contributed by atoms with E-state index < -0.39 is 5.82 Å². The van der Waals surface area contributed by atoms with Crippen molar-refractivity contribution in [3.05, 3.63) is 35.5 Å². The molecule has 0 N–H and O–H groups in total. The molecule has 94 valence electrons. The van der Waals surface area contributed by atoms with Crippen LogP contribution >= 0.6 is 11.6 Å². The standard InChI is InChI=1S/C12H10ClFN2O2/c1-17-7-3-4-10(18-2)8(5-7)11-9(14)6-15-12(13)16-11/h3-6H,1-2H3. The molecule has 0 aliphatic heterocycles. The van der Waals surface area contributed by atoms with Crippen LogP contribution in [0.2, 0.25) is 5.28 Å². The smallest absolute Gasteiger partial charge is 0.223 e. The van der Waals surface area contributed by atoms with Crippen LogP contribution in [0.3, 0.4) is 0 Å². The van der Waals surface area contributed by atoms with Crippen molar-refractivity contribution in [2.24, 2.45) is 0 Å². The van der Waals surface area contributed by atoms with Crippen LogP contribution in [0.15, 0.2) is 24.4 Å². The highest BCUT2D eigenvalue weighted by Crippen LogP contribution is 2.33. The van der Waals surface area contributed by atoms with Gasteiger partial charge in [0.2, 0.25) is 5.28 Å². The van der Waals surface area contributed by atoms with Gasteiger partial charge in [-0.25, -0.2) is 14.4 Å². The molecule has 4 nitrogen and oxygen atoms in total. The zero-order valence-electron chi connectivity index (χ0n) is 9.78. The largest absolute Gasteiger partial charge is 0.497 e. The molecule has 0 aliphatic rings. The van der Waals surface area contributed by atoms with Crippen molar-refractivity contribution in [1.82, 2.24) is 9.97 Å². The lowest BCUT2D eigenvalue weighted by Crippen LogP contribution is -1.96. The zero-order chi connectivity index (χ0) is 13.1. The van der Waals surface area contributed by atoms with E-state index in [9.17, 15) is 4.39 Å². The van der Waals surface area contributed by atoms with Gasteiger partial charge in [0.05, 0.1) is 20.4 Å². The normalized spacial score (nSPS) is 10.2. The maximum atomic E-state index is 13.7. The third-order valence-corrected chi connectivity index (χ3v) is 2.56. The molecule has 0 spiro atoms. The van der Waals surface area contributed by atoms with Crippen LogP contribution in [0.25, 0.3) is 11.3 Å². The summed E-state index contributed by atoms with van der Waals surface area (Å²) in [6.07, 6.45) is 1.02. The third-order valence-electron chi connectivity index (χ3n) is 2.38. The quantitative estimate of drug-likeness (QED) is 0.803. The molecule has 2 rings (SSSR count). The summed E-state index contributed by atoms with van der Waals surface area (Å²) in [4.78, 5) is 7.44. The van der Waals surface area contributed by atoms with Crippen LogP contribution < -0.4 is 9.47 Å². The lowest BCUT2D eigenvalue weighted by molar-refractivity contribution is 0.404. The van der Waals surface area contributed by atoms with Crippen molar-refractivity contribution in [2.45, 2.75) is 0 Å². The van der Waals surface area contributed by atoms with Crippen LogP contribution in [0, 0.1) is 5.82 Å². The van der Waals surface area contributed by atoms with Crippen LogP contribution in [0.1, 0.15) is 0 Å². The monoisotopic (exact) mass is 268 g/mol. The number of nitrogens with zero attached hydrogens (tertiary/aromatic N) is 2. The molecule has 0 amide bonds. The molecule has 1 heterocycles. The Morgan fingerprint density at radius 2 is 2.00 bits per heavy atom. The Labute approximate surface area is 108 Å². The molecule has 0 aliphatic carbocycles. The van der Waals surface area contributed by atoms with E-state index in [0.717, 1.165) is 6.20 Å². The highest BCUT2D eigenvalue weighted by atomic mass is 35.5. The fourth-order valence-electron chi connectivity index (χ4n) is 1.53.